The predicted octanol–water partition coefficient (Wildman–Crippen LogP) is 4.47. The molecule has 0 aromatic rings. The molecule has 1 rings (SSSR count). The third-order valence-corrected chi connectivity index (χ3v) is 4.68. The lowest BCUT2D eigenvalue weighted by atomic mass is 9.89. The number of rotatable bonds is 6. The lowest BCUT2D eigenvalue weighted by Gasteiger charge is -2.17. The summed E-state index contributed by atoms with van der Waals surface area (Å²) in [7, 11) is 0. The zero-order chi connectivity index (χ0) is 15.5. The average molecular weight is 298 g/mol. The van der Waals surface area contributed by atoms with Crippen LogP contribution in [0.15, 0.2) is 0 Å². The highest BCUT2D eigenvalue weighted by atomic mass is 16.4. The fourth-order valence-electron chi connectivity index (χ4n) is 3.32. The molecule has 0 radical (unpaired) electrons. The summed E-state index contributed by atoms with van der Waals surface area (Å²) in [5, 5.41) is 17.8. The molecule has 0 atom stereocenters. The Labute approximate surface area is 127 Å². The van der Waals surface area contributed by atoms with Gasteiger partial charge in [-0.25, -0.2) is 0 Å². The van der Waals surface area contributed by atoms with Gasteiger partial charge < -0.3 is 10.2 Å². The number of hydrogen-bond acceptors (Lipinski definition) is 2. The van der Waals surface area contributed by atoms with Crippen molar-refractivity contribution < 1.29 is 19.8 Å². The van der Waals surface area contributed by atoms with E-state index in [2.05, 4.69) is 0 Å². The van der Waals surface area contributed by atoms with E-state index in [9.17, 15) is 9.59 Å². The molecule has 1 fully saturated rings. The van der Waals surface area contributed by atoms with Crippen molar-refractivity contribution >= 4 is 11.9 Å². The van der Waals surface area contributed by atoms with Gasteiger partial charge in [-0.1, -0.05) is 77.0 Å². The first-order chi connectivity index (χ1) is 10.1. The molecule has 0 amide bonds. The SMILES string of the molecule is O=C(O)C(CCCC1CCCCCCCCCC1)C(=O)O. The minimum atomic E-state index is -1.23. The molecule has 0 bridgehead atoms. The van der Waals surface area contributed by atoms with Gasteiger partial charge in [0, 0.05) is 0 Å². The first-order valence-corrected chi connectivity index (χ1v) is 8.57. The number of carboxylic acid groups (broad SMARTS) is 2. The molecule has 4 heteroatoms. The molecule has 4 nitrogen and oxygen atoms in total. The van der Waals surface area contributed by atoms with E-state index in [1.807, 2.05) is 0 Å². The van der Waals surface area contributed by atoms with Crippen molar-refractivity contribution in [1.82, 2.24) is 0 Å². The van der Waals surface area contributed by atoms with Crippen LogP contribution in [0.2, 0.25) is 0 Å². The summed E-state index contributed by atoms with van der Waals surface area (Å²) in [5.74, 6) is -2.98. The summed E-state index contributed by atoms with van der Waals surface area (Å²) >= 11 is 0. The van der Waals surface area contributed by atoms with E-state index in [1.165, 1.54) is 64.2 Å². The van der Waals surface area contributed by atoms with E-state index in [0.29, 0.717) is 12.3 Å². The maximum atomic E-state index is 10.9. The van der Waals surface area contributed by atoms with Crippen molar-refractivity contribution in [2.24, 2.45) is 11.8 Å². The molecular weight excluding hydrogens is 268 g/mol. The zero-order valence-electron chi connectivity index (χ0n) is 13.1. The van der Waals surface area contributed by atoms with E-state index in [1.54, 1.807) is 0 Å². The average Bonchev–Trinajstić information content (AvgIpc) is 2.48. The van der Waals surface area contributed by atoms with Crippen LogP contribution in [0.3, 0.4) is 0 Å². The third-order valence-electron chi connectivity index (χ3n) is 4.68. The summed E-state index contributed by atoms with van der Waals surface area (Å²) in [4.78, 5) is 21.7. The zero-order valence-corrected chi connectivity index (χ0v) is 13.1. The van der Waals surface area contributed by atoms with E-state index >= 15 is 0 Å². The van der Waals surface area contributed by atoms with Crippen LogP contribution >= 0.6 is 0 Å². The van der Waals surface area contributed by atoms with Crippen LogP contribution in [0, 0.1) is 11.8 Å². The van der Waals surface area contributed by atoms with Crippen molar-refractivity contribution in [2.75, 3.05) is 0 Å². The number of aliphatic carboxylic acids is 2. The van der Waals surface area contributed by atoms with Crippen molar-refractivity contribution in [1.29, 1.82) is 0 Å². The second-order valence-corrected chi connectivity index (χ2v) is 6.43. The van der Waals surface area contributed by atoms with Crippen molar-refractivity contribution in [3.8, 4) is 0 Å². The van der Waals surface area contributed by atoms with E-state index in [-0.39, 0.29) is 6.42 Å². The number of hydrogen-bond donors (Lipinski definition) is 2. The molecule has 1 aliphatic carbocycles. The van der Waals surface area contributed by atoms with Gasteiger partial charge in [-0.05, 0) is 12.3 Å². The summed E-state index contributed by atoms with van der Waals surface area (Å²) in [5.41, 5.74) is 0. The summed E-state index contributed by atoms with van der Waals surface area (Å²) in [6.07, 6.45) is 15.0. The van der Waals surface area contributed by atoms with Crippen LogP contribution in [-0.2, 0) is 9.59 Å². The predicted molar refractivity (Wildman–Crippen MR) is 82.3 cm³/mol. The second-order valence-electron chi connectivity index (χ2n) is 6.43. The van der Waals surface area contributed by atoms with Gasteiger partial charge in [-0.15, -0.1) is 0 Å². The van der Waals surface area contributed by atoms with Gasteiger partial charge in [0.15, 0.2) is 5.92 Å². The Morgan fingerprint density at radius 2 is 1.24 bits per heavy atom. The normalized spacial score (nSPS) is 19.1. The molecule has 0 spiro atoms. The first kappa shape index (κ1) is 18.0. The summed E-state index contributed by atoms with van der Waals surface area (Å²) in [6, 6.07) is 0. The molecule has 0 aromatic carbocycles. The van der Waals surface area contributed by atoms with Crippen molar-refractivity contribution in [2.45, 2.75) is 83.5 Å². The summed E-state index contributed by atoms with van der Waals surface area (Å²) < 4.78 is 0. The Hall–Kier alpha value is -1.06. The summed E-state index contributed by atoms with van der Waals surface area (Å²) in [6.45, 7) is 0. The van der Waals surface area contributed by atoms with E-state index in [4.69, 9.17) is 10.2 Å². The highest BCUT2D eigenvalue weighted by Gasteiger charge is 2.25. The van der Waals surface area contributed by atoms with Crippen LogP contribution < -0.4 is 0 Å². The second kappa shape index (κ2) is 10.6. The molecule has 122 valence electrons. The smallest absolute Gasteiger partial charge is 0.317 e. The molecule has 2 N–H and O–H groups in total. The van der Waals surface area contributed by atoms with Gasteiger partial charge in [0.2, 0.25) is 0 Å². The topological polar surface area (TPSA) is 74.6 Å². The van der Waals surface area contributed by atoms with Crippen LogP contribution in [-0.4, -0.2) is 22.2 Å². The molecule has 21 heavy (non-hydrogen) atoms. The monoisotopic (exact) mass is 298 g/mol. The molecular formula is C17H30O4. The van der Waals surface area contributed by atoms with Gasteiger partial charge in [-0.3, -0.25) is 9.59 Å². The standard InChI is InChI=1S/C17H30O4/c18-16(19)15(17(20)21)13-9-12-14-10-7-5-3-1-2-4-6-8-11-14/h14-15H,1-13H2,(H,18,19)(H,20,21). The van der Waals surface area contributed by atoms with Gasteiger partial charge in [-0.2, -0.15) is 0 Å². The molecule has 0 heterocycles. The Balaban J connectivity index is 2.32. The van der Waals surface area contributed by atoms with Crippen molar-refractivity contribution in [3.63, 3.8) is 0 Å². The van der Waals surface area contributed by atoms with Crippen LogP contribution in [0.25, 0.3) is 0 Å². The minimum absolute atomic E-state index is 0.265. The minimum Gasteiger partial charge on any atom is -0.481 e. The van der Waals surface area contributed by atoms with Gasteiger partial charge >= 0.3 is 11.9 Å². The Kier molecular flexibility index (Phi) is 9.11. The molecule has 1 aliphatic rings. The Morgan fingerprint density at radius 1 is 0.810 bits per heavy atom. The lowest BCUT2D eigenvalue weighted by molar-refractivity contribution is -0.154. The highest BCUT2D eigenvalue weighted by Crippen LogP contribution is 2.26. The maximum absolute atomic E-state index is 10.9. The van der Waals surface area contributed by atoms with Gasteiger partial charge in [0.05, 0.1) is 0 Å². The lowest BCUT2D eigenvalue weighted by Crippen LogP contribution is -2.23. The fourth-order valence-corrected chi connectivity index (χ4v) is 3.32. The quantitative estimate of drug-likeness (QED) is 0.709. The number of carbonyl (C=O) groups is 2. The molecule has 0 saturated heterocycles. The van der Waals surface area contributed by atoms with E-state index in [0.717, 1.165) is 6.42 Å². The van der Waals surface area contributed by atoms with Crippen molar-refractivity contribution in [3.05, 3.63) is 0 Å². The molecule has 0 unspecified atom stereocenters. The third kappa shape index (κ3) is 8.08. The van der Waals surface area contributed by atoms with E-state index < -0.39 is 17.9 Å². The maximum Gasteiger partial charge on any atom is 0.317 e. The Bertz CT molecular complexity index is 288. The van der Waals surface area contributed by atoms with Gasteiger partial charge in [0.1, 0.15) is 0 Å². The Morgan fingerprint density at radius 3 is 1.67 bits per heavy atom. The molecule has 0 aliphatic heterocycles. The van der Waals surface area contributed by atoms with Gasteiger partial charge in [0.25, 0.3) is 0 Å². The molecule has 1 saturated carbocycles. The van der Waals surface area contributed by atoms with Crippen LogP contribution in [0.4, 0.5) is 0 Å². The molecule has 0 aromatic heterocycles. The highest BCUT2D eigenvalue weighted by molar-refractivity contribution is 5.92. The van der Waals surface area contributed by atoms with Crippen LogP contribution in [0.1, 0.15) is 83.5 Å². The fraction of sp³-hybridized carbons (Fsp3) is 0.882. The van der Waals surface area contributed by atoms with Crippen LogP contribution in [0.5, 0.6) is 0 Å². The first-order valence-electron chi connectivity index (χ1n) is 8.57. The number of carboxylic acids is 2. The largest absolute Gasteiger partial charge is 0.481 e.